The number of aryl methyl sites for hydroxylation is 1. The van der Waals surface area contributed by atoms with Crippen molar-refractivity contribution in [3.05, 3.63) is 71.7 Å². The molecule has 0 radical (unpaired) electrons. The van der Waals surface area contributed by atoms with Gasteiger partial charge in [-0.25, -0.2) is 9.07 Å². The van der Waals surface area contributed by atoms with Gasteiger partial charge >= 0.3 is 0 Å². The fourth-order valence-electron chi connectivity index (χ4n) is 4.93. The number of rotatable bonds is 5. The van der Waals surface area contributed by atoms with Crippen LogP contribution >= 0.6 is 0 Å². The molecule has 0 saturated carbocycles. The lowest BCUT2D eigenvalue weighted by molar-refractivity contribution is 0.000241. The summed E-state index contributed by atoms with van der Waals surface area (Å²) in [6, 6.07) is 15.7. The second-order valence-corrected chi connectivity index (χ2v) is 8.95. The number of hydrogen-bond acceptors (Lipinski definition) is 4. The second kappa shape index (κ2) is 9.53. The molecule has 0 spiro atoms. The molecule has 0 unspecified atom stereocenters. The van der Waals surface area contributed by atoms with Crippen molar-refractivity contribution in [2.45, 2.75) is 32.4 Å². The summed E-state index contributed by atoms with van der Waals surface area (Å²) >= 11 is 0. The Bertz CT molecular complexity index is 1050. The zero-order chi connectivity index (χ0) is 21.9. The number of hydrogen-bond donors (Lipinski definition) is 0. The monoisotopic (exact) mass is 434 g/mol. The molecule has 3 aromatic rings. The van der Waals surface area contributed by atoms with E-state index in [0.717, 1.165) is 68.4 Å². The van der Waals surface area contributed by atoms with E-state index in [2.05, 4.69) is 41.1 Å². The zero-order valence-corrected chi connectivity index (χ0v) is 18.7. The van der Waals surface area contributed by atoms with Gasteiger partial charge in [-0.3, -0.25) is 9.80 Å². The van der Waals surface area contributed by atoms with Crippen LogP contribution in [0.4, 0.5) is 4.39 Å². The third-order valence-corrected chi connectivity index (χ3v) is 6.67. The zero-order valence-electron chi connectivity index (χ0n) is 18.7. The maximum absolute atomic E-state index is 14.0. The summed E-state index contributed by atoms with van der Waals surface area (Å²) in [5.74, 6) is -0.232. The standard InChI is InChI=1S/C26H31FN4O/c1-20-4-2-7-25(16-20)31-19-22(26(28-31)21-5-3-6-23(27)17-21)18-29-10-8-24(9-11-29)30-12-14-32-15-13-30/h2-7,16-17,19,24H,8-15,18H2,1H3. The van der Waals surface area contributed by atoms with Crippen LogP contribution in [0.1, 0.15) is 24.0 Å². The topological polar surface area (TPSA) is 33.5 Å². The molecule has 2 fully saturated rings. The minimum absolute atomic E-state index is 0.232. The largest absolute Gasteiger partial charge is 0.379 e. The average Bonchev–Trinajstić information content (AvgIpc) is 3.24. The van der Waals surface area contributed by atoms with Crippen LogP contribution in [0, 0.1) is 12.7 Å². The van der Waals surface area contributed by atoms with Gasteiger partial charge in [0.1, 0.15) is 5.82 Å². The van der Waals surface area contributed by atoms with E-state index in [0.29, 0.717) is 6.04 Å². The van der Waals surface area contributed by atoms with Crippen LogP contribution in [-0.2, 0) is 11.3 Å². The van der Waals surface area contributed by atoms with Crippen LogP contribution in [0.3, 0.4) is 0 Å². The molecule has 0 amide bonds. The predicted octanol–water partition coefficient (Wildman–Crippen LogP) is 4.28. The van der Waals surface area contributed by atoms with Crippen molar-refractivity contribution < 1.29 is 9.13 Å². The molecule has 0 bridgehead atoms. The van der Waals surface area contributed by atoms with Gasteiger partial charge in [-0.15, -0.1) is 0 Å². The van der Waals surface area contributed by atoms with Crippen molar-refractivity contribution >= 4 is 0 Å². The Morgan fingerprint density at radius 3 is 2.53 bits per heavy atom. The SMILES string of the molecule is Cc1cccc(-n2cc(CN3CCC(N4CCOCC4)CC3)c(-c3cccc(F)c3)n2)c1. The van der Waals surface area contributed by atoms with Crippen LogP contribution in [-0.4, -0.2) is 65.0 Å². The van der Waals surface area contributed by atoms with Crippen LogP contribution in [0.25, 0.3) is 16.9 Å². The summed E-state index contributed by atoms with van der Waals surface area (Å²) in [5.41, 5.74) is 5.05. The van der Waals surface area contributed by atoms with Crippen LogP contribution in [0.2, 0.25) is 0 Å². The van der Waals surface area contributed by atoms with Gasteiger partial charge < -0.3 is 4.74 Å². The lowest BCUT2D eigenvalue weighted by atomic mass is 10.0. The van der Waals surface area contributed by atoms with Gasteiger partial charge in [-0.1, -0.05) is 24.3 Å². The summed E-state index contributed by atoms with van der Waals surface area (Å²) in [6.07, 6.45) is 4.48. The molecular formula is C26H31FN4O. The molecule has 2 aliphatic rings. The van der Waals surface area contributed by atoms with Crippen molar-refractivity contribution in [2.24, 2.45) is 0 Å². The summed E-state index contributed by atoms with van der Waals surface area (Å²) in [4.78, 5) is 5.10. The fraction of sp³-hybridized carbons (Fsp3) is 0.423. The number of likely N-dealkylation sites (tertiary alicyclic amines) is 1. The molecule has 32 heavy (non-hydrogen) atoms. The number of morpholine rings is 1. The molecule has 2 aliphatic heterocycles. The van der Waals surface area contributed by atoms with E-state index in [1.54, 1.807) is 12.1 Å². The summed E-state index contributed by atoms with van der Waals surface area (Å²) < 4.78 is 21.4. The smallest absolute Gasteiger partial charge is 0.123 e. The highest BCUT2D eigenvalue weighted by molar-refractivity contribution is 5.63. The number of halogens is 1. The molecule has 2 aromatic carbocycles. The molecule has 0 atom stereocenters. The normalized spacial score (nSPS) is 18.8. The molecule has 5 rings (SSSR count). The fourth-order valence-corrected chi connectivity index (χ4v) is 4.93. The Balaban J connectivity index is 1.36. The van der Waals surface area contributed by atoms with Crippen LogP contribution in [0.15, 0.2) is 54.7 Å². The van der Waals surface area contributed by atoms with Gasteiger partial charge in [-0.05, 0) is 62.7 Å². The lowest BCUT2D eigenvalue weighted by Gasteiger charge is -2.40. The van der Waals surface area contributed by atoms with Gasteiger partial charge in [-0.2, -0.15) is 5.10 Å². The minimum Gasteiger partial charge on any atom is -0.379 e. The average molecular weight is 435 g/mol. The van der Waals surface area contributed by atoms with Gasteiger partial charge in [0.2, 0.25) is 0 Å². The Morgan fingerprint density at radius 1 is 1.00 bits per heavy atom. The quantitative estimate of drug-likeness (QED) is 0.600. The van der Waals surface area contributed by atoms with E-state index >= 15 is 0 Å². The third kappa shape index (κ3) is 4.77. The molecule has 3 heterocycles. The summed E-state index contributed by atoms with van der Waals surface area (Å²) in [6.45, 7) is 8.87. The number of ether oxygens (including phenoxy) is 1. The Labute approximate surface area is 189 Å². The van der Waals surface area contributed by atoms with Crippen molar-refractivity contribution in [3.63, 3.8) is 0 Å². The van der Waals surface area contributed by atoms with Crippen molar-refractivity contribution in [1.82, 2.24) is 19.6 Å². The molecule has 168 valence electrons. The van der Waals surface area contributed by atoms with E-state index in [1.807, 2.05) is 16.8 Å². The maximum atomic E-state index is 14.0. The number of piperidine rings is 1. The first-order valence-electron chi connectivity index (χ1n) is 11.6. The first-order valence-corrected chi connectivity index (χ1v) is 11.6. The number of aromatic nitrogens is 2. The van der Waals surface area contributed by atoms with Gasteiger partial charge in [0.15, 0.2) is 0 Å². The van der Waals surface area contributed by atoms with Crippen molar-refractivity contribution in [2.75, 3.05) is 39.4 Å². The highest BCUT2D eigenvalue weighted by Crippen LogP contribution is 2.27. The Hall–Kier alpha value is -2.54. The second-order valence-electron chi connectivity index (χ2n) is 8.95. The highest BCUT2D eigenvalue weighted by atomic mass is 19.1. The Morgan fingerprint density at radius 2 is 1.78 bits per heavy atom. The predicted molar refractivity (Wildman–Crippen MR) is 124 cm³/mol. The lowest BCUT2D eigenvalue weighted by Crippen LogP contribution is -2.48. The number of benzene rings is 2. The highest BCUT2D eigenvalue weighted by Gasteiger charge is 2.26. The third-order valence-electron chi connectivity index (χ3n) is 6.67. The molecule has 0 N–H and O–H groups in total. The van der Waals surface area contributed by atoms with Crippen molar-refractivity contribution in [3.8, 4) is 16.9 Å². The molecule has 1 aromatic heterocycles. The van der Waals surface area contributed by atoms with E-state index < -0.39 is 0 Å². The van der Waals surface area contributed by atoms with E-state index in [-0.39, 0.29) is 5.82 Å². The summed E-state index contributed by atoms with van der Waals surface area (Å²) in [7, 11) is 0. The van der Waals surface area contributed by atoms with Gasteiger partial charge in [0.05, 0.1) is 24.6 Å². The molecular weight excluding hydrogens is 403 g/mol. The maximum Gasteiger partial charge on any atom is 0.123 e. The first-order chi connectivity index (χ1) is 15.7. The van der Waals surface area contributed by atoms with Gasteiger partial charge in [0, 0.05) is 43.0 Å². The molecule has 2 saturated heterocycles. The van der Waals surface area contributed by atoms with E-state index in [4.69, 9.17) is 9.84 Å². The molecule has 5 nitrogen and oxygen atoms in total. The minimum atomic E-state index is -0.232. The first kappa shape index (κ1) is 21.3. The molecule has 6 heteroatoms. The van der Waals surface area contributed by atoms with E-state index in [9.17, 15) is 4.39 Å². The molecule has 0 aliphatic carbocycles. The Kier molecular flexibility index (Phi) is 6.35. The number of nitrogens with zero attached hydrogens (tertiary/aromatic N) is 4. The van der Waals surface area contributed by atoms with E-state index in [1.165, 1.54) is 24.5 Å². The summed E-state index contributed by atoms with van der Waals surface area (Å²) in [5, 5.41) is 4.89. The van der Waals surface area contributed by atoms with Gasteiger partial charge in [0.25, 0.3) is 0 Å². The van der Waals surface area contributed by atoms with Crippen LogP contribution < -0.4 is 0 Å². The van der Waals surface area contributed by atoms with Crippen molar-refractivity contribution in [1.29, 1.82) is 0 Å². The van der Waals surface area contributed by atoms with Crippen LogP contribution in [0.5, 0.6) is 0 Å².